The standard InChI is InChI=1S/C26H26N6O2/c1-17-8-7-9-18(2)22(17)26(33)32-14-12-31(13-15-32)21-16-27-19(3)23(28-21)25-30-29-24(34-25)20-10-5-4-6-11-20/h4-11,16H,12-15H2,1-3H3. The molecule has 0 aliphatic carbocycles. The number of carbonyl (C=O) groups excluding carboxylic acids is 1. The van der Waals surface area contributed by atoms with Crippen molar-refractivity contribution in [1.82, 2.24) is 25.1 Å². The predicted molar refractivity (Wildman–Crippen MR) is 130 cm³/mol. The lowest BCUT2D eigenvalue weighted by Gasteiger charge is -2.35. The molecular weight excluding hydrogens is 428 g/mol. The maximum absolute atomic E-state index is 13.1. The highest BCUT2D eigenvalue weighted by atomic mass is 16.4. The summed E-state index contributed by atoms with van der Waals surface area (Å²) < 4.78 is 5.90. The highest BCUT2D eigenvalue weighted by molar-refractivity contribution is 5.97. The van der Waals surface area contributed by atoms with Crippen LogP contribution in [0.4, 0.5) is 5.82 Å². The SMILES string of the molecule is Cc1cccc(C)c1C(=O)N1CCN(c2cnc(C)c(-c3nnc(-c4ccccc4)o3)n2)CC1. The molecule has 1 aliphatic rings. The van der Waals surface area contributed by atoms with Gasteiger partial charge >= 0.3 is 0 Å². The summed E-state index contributed by atoms with van der Waals surface area (Å²) in [5.74, 6) is 1.61. The second-order valence-electron chi connectivity index (χ2n) is 8.49. The molecule has 8 heteroatoms. The lowest BCUT2D eigenvalue weighted by molar-refractivity contribution is 0.0745. The Kier molecular flexibility index (Phi) is 5.79. The second-order valence-corrected chi connectivity index (χ2v) is 8.49. The van der Waals surface area contributed by atoms with E-state index in [1.165, 1.54) is 0 Å². The molecule has 1 aliphatic heterocycles. The maximum Gasteiger partial charge on any atom is 0.268 e. The second kappa shape index (κ2) is 9.05. The quantitative estimate of drug-likeness (QED) is 0.459. The molecule has 172 valence electrons. The van der Waals surface area contributed by atoms with Gasteiger partial charge in [-0.05, 0) is 44.0 Å². The van der Waals surface area contributed by atoms with Crippen molar-refractivity contribution in [3.05, 3.63) is 77.1 Å². The molecule has 0 atom stereocenters. The molecular formula is C26H26N6O2. The number of carbonyl (C=O) groups is 1. The number of anilines is 1. The minimum absolute atomic E-state index is 0.0882. The molecule has 0 spiro atoms. The summed E-state index contributed by atoms with van der Waals surface area (Å²) in [6.45, 7) is 8.44. The Hall–Kier alpha value is -4.07. The van der Waals surface area contributed by atoms with Crippen LogP contribution in [0.15, 0.2) is 59.1 Å². The fraction of sp³-hybridized carbons (Fsp3) is 0.269. The Morgan fingerprint density at radius 2 is 1.53 bits per heavy atom. The molecule has 0 bridgehead atoms. The van der Waals surface area contributed by atoms with E-state index in [2.05, 4.69) is 20.1 Å². The molecule has 8 nitrogen and oxygen atoms in total. The van der Waals surface area contributed by atoms with Gasteiger partial charge in [0, 0.05) is 37.3 Å². The maximum atomic E-state index is 13.1. The minimum atomic E-state index is 0.0882. The Labute approximate surface area is 198 Å². The van der Waals surface area contributed by atoms with Gasteiger partial charge in [-0.3, -0.25) is 9.78 Å². The normalized spacial score (nSPS) is 13.9. The molecule has 0 saturated carbocycles. The third-order valence-corrected chi connectivity index (χ3v) is 6.18. The van der Waals surface area contributed by atoms with Crippen molar-refractivity contribution in [2.45, 2.75) is 20.8 Å². The van der Waals surface area contributed by atoms with E-state index in [1.54, 1.807) is 6.20 Å². The van der Waals surface area contributed by atoms with E-state index >= 15 is 0 Å². The van der Waals surface area contributed by atoms with Crippen molar-refractivity contribution in [2.24, 2.45) is 0 Å². The number of piperazine rings is 1. The van der Waals surface area contributed by atoms with Crippen molar-refractivity contribution in [3.8, 4) is 23.0 Å². The van der Waals surface area contributed by atoms with E-state index in [4.69, 9.17) is 9.40 Å². The first kappa shape index (κ1) is 21.8. The highest BCUT2D eigenvalue weighted by Crippen LogP contribution is 2.26. The summed E-state index contributed by atoms with van der Waals surface area (Å²) in [6, 6.07) is 15.6. The Balaban J connectivity index is 1.32. The molecule has 0 N–H and O–H groups in total. The molecule has 3 heterocycles. The number of benzene rings is 2. The summed E-state index contributed by atoms with van der Waals surface area (Å²) in [6.07, 6.45) is 1.76. The van der Waals surface area contributed by atoms with E-state index in [0.717, 1.165) is 33.8 Å². The van der Waals surface area contributed by atoms with Gasteiger partial charge in [-0.1, -0.05) is 36.4 Å². The number of rotatable bonds is 4. The summed E-state index contributed by atoms with van der Waals surface area (Å²) in [4.78, 5) is 26.5. The average molecular weight is 455 g/mol. The third kappa shape index (κ3) is 4.14. The molecule has 1 saturated heterocycles. The van der Waals surface area contributed by atoms with Crippen LogP contribution in [0.1, 0.15) is 27.2 Å². The smallest absolute Gasteiger partial charge is 0.268 e. The molecule has 1 amide bonds. The monoisotopic (exact) mass is 454 g/mol. The van der Waals surface area contributed by atoms with E-state index < -0.39 is 0 Å². The summed E-state index contributed by atoms with van der Waals surface area (Å²) in [5.41, 5.74) is 4.97. The van der Waals surface area contributed by atoms with Crippen LogP contribution in [-0.2, 0) is 0 Å². The molecule has 0 radical (unpaired) electrons. The fourth-order valence-electron chi connectivity index (χ4n) is 4.26. The zero-order valence-electron chi connectivity index (χ0n) is 19.5. The van der Waals surface area contributed by atoms with Gasteiger partial charge < -0.3 is 14.2 Å². The Morgan fingerprint density at radius 3 is 2.24 bits per heavy atom. The summed E-state index contributed by atoms with van der Waals surface area (Å²) in [5, 5.41) is 8.38. The zero-order chi connectivity index (χ0) is 23.7. The van der Waals surface area contributed by atoms with Crippen molar-refractivity contribution in [1.29, 1.82) is 0 Å². The Morgan fingerprint density at radius 1 is 0.853 bits per heavy atom. The highest BCUT2D eigenvalue weighted by Gasteiger charge is 2.26. The van der Waals surface area contributed by atoms with E-state index in [0.29, 0.717) is 43.7 Å². The van der Waals surface area contributed by atoms with Crippen LogP contribution in [0.5, 0.6) is 0 Å². The predicted octanol–water partition coefficient (Wildman–Crippen LogP) is 4.08. The van der Waals surface area contributed by atoms with Gasteiger partial charge in [-0.25, -0.2) is 4.98 Å². The van der Waals surface area contributed by atoms with Gasteiger partial charge in [-0.15, -0.1) is 10.2 Å². The van der Waals surface area contributed by atoms with Crippen molar-refractivity contribution in [2.75, 3.05) is 31.1 Å². The summed E-state index contributed by atoms with van der Waals surface area (Å²) in [7, 11) is 0. The minimum Gasteiger partial charge on any atom is -0.415 e. The van der Waals surface area contributed by atoms with E-state index in [9.17, 15) is 4.79 Å². The van der Waals surface area contributed by atoms with Gasteiger partial charge in [0.15, 0.2) is 5.69 Å². The molecule has 4 aromatic rings. The van der Waals surface area contributed by atoms with Gasteiger partial charge in [0.1, 0.15) is 5.82 Å². The van der Waals surface area contributed by atoms with Crippen LogP contribution in [-0.4, -0.2) is 57.2 Å². The largest absolute Gasteiger partial charge is 0.415 e. The third-order valence-electron chi connectivity index (χ3n) is 6.18. The molecule has 0 unspecified atom stereocenters. The molecule has 34 heavy (non-hydrogen) atoms. The van der Waals surface area contributed by atoms with Crippen LogP contribution in [0.25, 0.3) is 23.0 Å². The average Bonchev–Trinajstić information content (AvgIpc) is 3.35. The van der Waals surface area contributed by atoms with Crippen molar-refractivity contribution < 1.29 is 9.21 Å². The fourth-order valence-corrected chi connectivity index (χ4v) is 4.26. The lowest BCUT2D eigenvalue weighted by atomic mass is 10.0. The van der Waals surface area contributed by atoms with Gasteiger partial charge in [-0.2, -0.15) is 0 Å². The summed E-state index contributed by atoms with van der Waals surface area (Å²) >= 11 is 0. The van der Waals surface area contributed by atoms with Crippen LogP contribution in [0.2, 0.25) is 0 Å². The van der Waals surface area contributed by atoms with Crippen molar-refractivity contribution >= 4 is 11.7 Å². The molecule has 2 aromatic carbocycles. The van der Waals surface area contributed by atoms with Crippen LogP contribution >= 0.6 is 0 Å². The molecule has 5 rings (SSSR count). The Bertz CT molecular complexity index is 1310. The molecule has 2 aromatic heterocycles. The van der Waals surface area contributed by atoms with Crippen LogP contribution < -0.4 is 4.90 Å². The van der Waals surface area contributed by atoms with E-state index in [1.807, 2.05) is 74.2 Å². The van der Waals surface area contributed by atoms with Gasteiger partial charge in [0.25, 0.3) is 11.8 Å². The van der Waals surface area contributed by atoms with E-state index in [-0.39, 0.29) is 5.91 Å². The molecule has 1 fully saturated rings. The number of amides is 1. The first-order valence-corrected chi connectivity index (χ1v) is 11.3. The first-order chi connectivity index (χ1) is 16.5. The van der Waals surface area contributed by atoms with Crippen LogP contribution in [0, 0.1) is 20.8 Å². The van der Waals surface area contributed by atoms with Gasteiger partial charge in [0.05, 0.1) is 11.9 Å². The van der Waals surface area contributed by atoms with Gasteiger partial charge in [0.2, 0.25) is 5.89 Å². The number of hydrogen-bond donors (Lipinski definition) is 0. The number of hydrogen-bond acceptors (Lipinski definition) is 7. The lowest BCUT2D eigenvalue weighted by Crippen LogP contribution is -2.49. The topological polar surface area (TPSA) is 88.3 Å². The zero-order valence-corrected chi connectivity index (χ0v) is 19.5. The van der Waals surface area contributed by atoms with Crippen LogP contribution in [0.3, 0.4) is 0 Å². The number of nitrogens with zero attached hydrogens (tertiary/aromatic N) is 6. The van der Waals surface area contributed by atoms with Crippen molar-refractivity contribution in [3.63, 3.8) is 0 Å². The first-order valence-electron chi connectivity index (χ1n) is 11.3. The number of aromatic nitrogens is 4. The number of aryl methyl sites for hydroxylation is 3.